The van der Waals surface area contributed by atoms with Crippen LogP contribution in [0.15, 0.2) is 0 Å². The summed E-state index contributed by atoms with van der Waals surface area (Å²) in [5.74, 6) is -0.694. The Morgan fingerprint density at radius 2 is 1.72 bits per heavy atom. The lowest BCUT2D eigenvalue weighted by atomic mass is 9.83. The molecule has 4 nitrogen and oxygen atoms in total. The van der Waals surface area contributed by atoms with E-state index in [0.29, 0.717) is 12.1 Å². The van der Waals surface area contributed by atoms with Crippen LogP contribution in [-0.4, -0.2) is 59.1 Å². The minimum atomic E-state index is -0.575. The van der Waals surface area contributed by atoms with Crippen LogP contribution in [-0.2, 0) is 4.79 Å². The fraction of sp³-hybridized carbons (Fsp3) is 0.929. The van der Waals surface area contributed by atoms with Crippen LogP contribution in [0.1, 0.15) is 38.5 Å². The van der Waals surface area contributed by atoms with E-state index in [-0.39, 0.29) is 5.92 Å². The third-order valence-electron chi connectivity index (χ3n) is 5.13. The van der Waals surface area contributed by atoms with E-state index in [1.807, 2.05) is 0 Å². The summed E-state index contributed by atoms with van der Waals surface area (Å²) in [6.07, 6.45) is 6.90. The highest BCUT2D eigenvalue weighted by Gasteiger charge is 2.39. The van der Waals surface area contributed by atoms with E-state index < -0.39 is 5.97 Å². The second kappa shape index (κ2) is 5.17. The van der Waals surface area contributed by atoms with Crippen molar-refractivity contribution in [3.05, 3.63) is 0 Å². The highest BCUT2D eigenvalue weighted by atomic mass is 16.4. The van der Waals surface area contributed by atoms with Crippen molar-refractivity contribution in [2.45, 2.75) is 50.6 Å². The van der Waals surface area contributed by atoms with Gasteiger partial charge in [0.05, 0.1) is 5.92 Å². The molecule has 3 fully saturated rings. The van der Waals surface area contributed by atoms with Gasteiger partial charge in [0.1, 0.15) is 0 Å². The zero-order chi connectivity index (χ0) is 12.5. The third kappa shape index (κ3) is 2.28. The van der Waals surface area contributed by atoms with Crippen molar-refractivity contribution in [3.63, 3.8) is 0 Å². The maximum absolute atomic E-state index is 11.4. The number of fused-ring (bicyclic) bond motifs is 1. The van der Waals surface area contributed by atoms with Crippen molar-refractivity contribution in [2.75, 3.05) is 26.2 Å². The highest BCUT2D eigenvalue weighted by Crippen LogP contribution is 2.31. The Kier molecular flexibility index (Phi) is 3.57. The molecule has 1 saturated carbocycles. The van der Waals surface area contributed by atoms with E-state index >= 15 is 0 Å². The Bertz CT molecular complexity index is 321. The topological polar surface area (TPSA) is 43.8 Å². The number of carbonyl (C=O) groups is 1. The van der Waals surface area contributed by atoms with Crippen LogP contribution >= 0.6 is 0 Å². The summed E-state index contributed by atoms with van der Waals surface area (Å²) >= 11 is 0. The van der Waals surface area contributed by atoms with Gasteiger partial charge < -0.3 is 5.11 Å². The summed E-state index contributed by atoms with van der Waals surface area (Å²) in [7, 11) is 0. The predicted octanol–water partition coefficient (Wildman–Crippen LogP) is 1.41. The number of piperazine rings is 1. The molecular formula is C14H24N2O2. The van der Waals surface area contributed by atoms with Gasteiger partial charge in [0.15, 0.2) is 0 Å². The van der Waals surface area contributed by atoms with Crippen LogP contribution in [0.2, 0.25) is 0 Å². The quantitative estimate of drug-likeness (QED) is 0.807. The predicted molar refractivity (Wildman–Crippen MR) is 69.5 cm³/mol. The van der Waals surface area contributed by atoms with Gasteiger partial charge in [0.2, 0.25) is 0 Å². The first-order valence-electron chi connectivity index (χ1n) is 7.46. The molecule has 2 aliphatic heterocycles. The molecule has 0 radical (unpaired) electrons. The van der Waals surface area contributed by atoms with Crippen LogP contribution < -0.4 is 0 Å². The van der Waals surface area contributed by atoms with Crippen LogP contribution in [0.3, 0.4) is 0 Å². The van der Waals surface area contributed by atoms with Gasteiger partial charge >= 0.3 is 5.97 Å². The lowest BCUT2D eigenvalue weighted by Crippen LogP contribution is -2.56. The smallest absolute Gasteiger partial charge is 0.308 e. The lowest BCUT2D eigenvalue weighted by Gasteiger charge is -2.44. The molecule has 18 heavy (non-hydrogen) atoms. The van der Waals surface area contributed by atoms with E-state index in [9.17, 15) is 9.90 Å². The fourth-order valence-corrected chi connectivity index (χ4v) is 4.15. The molecule has 0 aromatic heterocycles. The standard InChI is InChI=1S/C14H24N2O2/c17-14(18)12-5-1-2-6-13(12)16-9-8-15-7-3-4-11(15)10-16/h11-13H,1-10H2,(H,17,18). The first-order valence-corrected chi connectivity index (χ1v) is 7.46. The summed E-state index contributed by atoms with van der Waals surface area (Å²) < 4.78 is 0. The molecule has 0 spiro atoms. The molecule has 4 heteroatoms. The molecule has 3 rings (SSSR count). The van der Waals surface area contributed by atoms with Gasteiger partial charge in [0, 0.05) is 31.7 Å². The SMILES string of the molecule is O=C(O)C1CCCCC1N1CCN2CCCC2C1. The van der Waals surface area contributed by atoms with Crippen molar-refractivity contribution in [3.8, 4) is 0 Å². The number of rotatable bonds is 2. The number of nitrogens with zero attached hydrogens (tertiary/aromatic N) is 2. The molecule has 0 amide bonds. The summed E-state index contributed by atoms with van der Waals surface area (Å²) in [4.78, 5) is 16.5. The van der Waals surface area contributed by atoms with Gasteiger partial charge in [-0.3, -0.25) is 14.6 Å². The summed E-state index contributed by atoms with van der Waals surface area (Å²) in [5.41, 5.74) is 0. The molecule has 2 heterocycles. The van der Waals surface area contributed by atoms with Crippen molar-refractivity contribution in [1.82, 2.24) is 9.80 Å². The molecular weight excluding hydrogens is 228 g/mol. The monoisotopic (exact) mass is 252 g/mol. The normalized spacial score (nSPS) is 38.6. The minimum absolute atomic E-state index is 0.119. The molecule has 1 aliphatic carbocycles. The molecule has 0 bridgehead atoms. The van der Waals surface area contributed by atoms with Crippen LogP contribution in [0.5, 0.6) is 0 Å². The highest BCUT2D eigenvalue weighted by molar-refractivity contribution is 5.71. The Labute approximate surface area is 109 Å². The zero-order valence-corrected chi connectivity index (χ0v) is 11.1. The largest absolute Gasteiger partial charge is 0.481 e. The van der Waals surface area contributed by atoms with Crippen LogP contribution in [0.25, 0.3) is 0 Å². The molecule has 2 saturated heterocycles. The maximum Gasteiger partial charge on any atom is 0.308 e. The third-order valence-corrected chi connectivity index (χ3v) is 5.13. The van der Waals surface area contributed by atoms with Crippen molar-refractivity contribution >= 4 is 5.97 Å². The summed E-state index contributed by atoms with van der Waals surface area (Å²) in [6.45, 7) is 4.58. The van der Waals surface area contributed by atoms with E-state index in [4.69, 9.17) is 0 Å². The minimum Gasteiger partial charge on any atom is -0.481 e. The summed E-state index contributed by atoms with van der Waals surface area (Å²) in [5, 5.41) is 9.39. The number of carboxylic acids is 1. The number of hydrogen-bond donors (Lipinski definition) is 1. The lowest BCUT2D eigenvalue weighted by molar-refractivity contribution is -0.146. The van der Waals surface area contributed by atoms with Gasteiger partial charge in [0.25, 0.3) is 0 Å². The second-order valence-corrected chi connectivity index (χ2v) is 6.12. The molecule has 0 aromatic rings. The van der Waals surface area contributed by atoms with Gasteiger partial charge in [-0.2, -0.15) is 0 Å². The van der Waals surface area contributed by atoms with Gasteiger partial charge in [-0.15, -0.1) is 0 Å². The first-order chi connectivity index (χ1) is 8.75. The number of hydrogen-bond acceptors (Lipinski definition) is 3. The van der Waals surface area contributed by atoms with Crippen LogP contribution in [0.4, 0.5) is 0 Å². The molecule has 3 atom stereocenters. The first kappa shape index (κ1) is 12.4. The van der Waals surface area contributed by atoms with Crippen LogP contribution in [0, 0.1) is 5.92 Å². The maximum atomic E-state index is 11.4. The zero-order valence-electron chi connectivity index (χ0n) is 11.1. The van der Waals surface area contributed by atoms with E-state index in [1.54, 1.807) is 0 Å². The van der Waals surface area contributed by atoms with E-state index in [0.717, 1.165) is 38.9 Å². The molecule has 0 aromatic carbocycles. The average molecular weight is 252 g/mol. The Balaban J connectivity index is 1.67. The average Bonchev–Trinajstić information content (AvgIpc) is 2.85. The van der Waals surface area contributed by atoms with Crippen molar-refractivity contribution < 1.29 is 9.90 Å². The molecule has 102 valence electrons. The van der Waals surface area contributed by atoms with Gasteiger partial charge in [-0.25, -0.2) is 0 Å². The Morgan fingerprint density at radius 3 is 2.56 bits per heavy atom. The summed E-state index contributed by atoms with van der Waals surface area (Å²) in [6, 6.07) is 1.01. The van der Waals surface area contributed by atoms with Gasteiger partial charge in [-0.05, 0) is 32.2 Å². The molecule has 3 aliphatic rings. The molecule has 3 unspecified atom stereocenters. The van der Waals surface area contributed by atoms with Gasteiger partial charge in [-0.1, -0.05) is 12.8 Å². The fourth-order valence-electron chi connectivity index (χ4n) is 4.15. The number of aliphatic carboxylic acids is 1. The molecule has 1 N–H and O–H groups in total. The number of carboxylic acid groups (broad SMARTS) is 1. The van der Waals surface area contributed by atoms with Crippen molar-refractivity contribution in [2.24, 2.45) is 5.92 Å². The Morgan fingerprint density at radius 1 is 0.944 bits per heavy atom. The Hall–Kier alpha value is -0.610. The van der Waals surface area contributed by atoms with E-state index in [1.165, 1.54) is 25.8 Å². The second-order valence-electron chi connectivity index (χ2n) is 6.12. The van der Waals surface area contributed by atoms with Crippen molar-refractivity contribution in [1.29, 1.82) is 0 Å². The van der Waals surface area contributed by atoms with E-state index in [2.05, 4.69) is 9.80 Å².